The predicted octanol–water partition coefficient (Wildman–Crippen LogP) is 3.17. The van der Waals surface area contributed by atoms with Gasteiger partial charge in [-0.25, -0.2) is 0 Å². The van der Waals surface area contributed by atoms with Crippen LogP contribution in [0.5, 0.6) is 0 Å². The lowest BCUT2D eigenvalue weighted by atomic mass is 9.93. The number of nitrogens with zero attached hydrogens (tertiary/aromatic N) is 1. The summed E-state index contributed by atoms with van der Waals surface area (Å²) in [5.41, 5.74) is 1.90. The molecule has 1 aromatic rings. The van der Waals surface area contributed by atoms with Crippen molar-refractivity contribution in [3.05, 3.63) is 35.4 Å². The lowest BCUT2D eigenvalue weighted by Crippen LogP contribution is -2.39. The summed E-state index contributed by atoms with van der Waals surface area (Å²) in [6, 6.07) is 7.72. The number of carbonyl (C=O) groups is 2. The van der Waals surface area contributed by atoms with E-state index < -0.39 is 0 Å². The fourth-order valence-electron chi connectivity index (χ4n) is 3.17. The number of nitrogens with one attached hydrogen (secondary N) is 1. The van der Waals surface area contributed by atoms with E-state index in [-0.39, 0.29) is 17.9 Å². The van der Waals surface area contributed by atoms with Crippen LogP contribution in [0.25, 0.3) is 0 Å². The highest BCUT2D eigenvalue weighted by molar-refractivity contribution is 5.94. The Hall–Kier alpha value is -1.88. The highest BCUT2D eigenvalue weighted by Gasteiger charge is 2.24. The summed E-state index contributed by atoms with van der Waals surface area (Å²) in [4.78, 5) is 26.5. The second-order valence-corrected chi connectivity index (χ2v) is 7.43. The third kappa shape index (κ3) is 6.79. The first-order valence-corrected chi connectivity index (χ1v) is 9.70. The Labute approximate surface area is 157 Å². The summed E-state index contributed by atoms with van der Waals surface area (Å²) >= 11 is 0. The molecule has 1 fully saturated rings. The molecule has 1 aliphatic heterocycles. The zero-order valence-electron chi connectivity index (χ0n) is 16.3. The summed E-state index contributed by atoms with van der Waals surface area (Å²) in [5.74, 6) is 0.569. The summed E-state index contributed by atoms with van der Waals surface area (Å²) in [5, 5.41) is 2.97. The third-order valence-electron chi connectivity index (χ3n) is 4.77. The molecule has 1 aromatic carbocycles. The van der Waals surface area contributed by atoms with Crippen LogP contribution < -0.4 is 5.32 Å². The smallest absolute Gasteiger partial charge is 0.253 e. The highest BCUT2D eigenvalue weighted by Crippen LogP contribution is 2.22. The van der Waals surface area contributed by atoms with Crippen LogP contribution in [0, 0.1) is 12.8 Å². The molecular formula is C21H32N2O3. The summed E-state index contributed by atoms with van der Waals surface area (Å²) in [7, 11) is 0. The minimum Gasteiger partial charge on any atom is -0.379 e. The molecule has 1 N–H and O–H groups in total. The molecule has 1 aliphatic rings. The van der Waals surface area contributed by atoms with Crippen LogP contribution in [0.4, 0.5) is 0 Å². The van der Waals surface area contributed by atoms with Gasteiger partial charge in [0.2, 0.25) is 5.91 Å². The van der Waals surface area contributed by atoms with E-state index in [0.717, 1.165) is 43.5 Å². The van der Waals surface area contributed by atoms with Crippen LogP contribution in [0.1, 0.15) is 55.5 Å². The van der Waals surface area contributed by atoms with E-state index in [9.17, 15) is 9.59 Å². The molecule has 0 saturated carbocycles. The maximum absolute atomic E-state index is 12.5. The van der Waals surface area contributed by atoms with Gasteiger partial charge in [-0.3, -0.25) is 9.59 Å². The van der Waals surface area contributed by atoms with Crippen LogP contribution in [0.2, 0.25) is 0 Å². The van der Waals surface area contributed by atoms with E-state index in [4.69, 9.17) is 4.74 Å². The van der Waals surface area contributed by atoms with Crippen LogP contribution in [0.3, 0.4) is 0 Å². The number of amides is 2. The molecule has 0 bridgehead atoms. The first kappa shape index (κ1) is 20.4. The largest absolute Gasteiger partial charge is 0.379 e. The normalized spacial score (nSPS) is 15.3. The number of aryl methyl sites for hydroxylation is 1. The molecule has 5 nitrogen and oxygen atoms in total. The van der Waals surface area contributed by atoms with Crippen LogP contribution in [-0.4, -0.2) is 49.1 Å². The van der Waals surface area contributed by atoms with Crippen molar-refractivity contribution in [2.45, 2.75) is 52.6 Å². The molecule has 1 saturated heterocycles. The average Bonchev–Trinajstić information content (AvgIpc) is 2.62. The summed E-state index contributed by atoms with van der Waals surface area (Å²) in [6.45, 7) is 8.83. The number of ether oxygens (including phenoxy) is 1. The fourth-order valence-corrected chi connectivity index (χ4v) is 3.17. The van der Waals surface area contributed by atoms with E-state index in [1.165, 1.54) is 0 Å². The number of hydrogen-bond donors (Lipinski definition) is 1. The van der Waals surface area contributed by atoms with Gasteiger partial charge in [-0.05, 0) is 58.1 Å². The molecule has 0 spiro atoms. The molecule has 1 heterocycles. The summed E-state index contributed by atoms with van der Waals surface area (Å²) < 4.78 is 5.46. The Morgan fingerprint density at radius 1 is 1.19 bits per heavy atom. The Morgan fingerprint density at radius 2 is 1.85 bits per heavy atom. The topological polar surface area (TPSA) is 58.6 Å². The minimum absolute atomic E-state index is 0.0954. The number of benzene rings is 1. The standard InChI is InChI=1S/C21H32N2O3/c1-16(2)26-14-4-11-22-20(24)15-18-9-12-23(13-10-18)21(25)19-7-5-17(3)6-8-19/h5-8,16,18H,4,9-15H2,1-3H3,(H,22,24). The molecule has 2 rings (SSSR count). The maximum Gasteiger partial charge on any atom is 0.253 e. The molecular weight excluding hydrogens is 328 g/mol. The number of hydrogen-bond acceptors (Lipinski definition) is 3. The average molecular weight is 360 g/mol. The number of piperidine rings is 1. The molecule has 0 unspecified atom stereocenters. The lowest BCUT2D eigenvalue weighted by molar-refractivity contribution is -0.122. The lowest BCUT2D eigenvalue weighted by Gasteiger charge is -2.31. The van der Waals surface area contributed by atoms with E-state index in [1.54, 1.807) is 0 Å². The van der Waals surface area contributed by atoms with Crippen molar-refractivity contribution >= 4 is 11.8 Å². The van der Waals surface area contributed by atoms with Crippen molar-refractivity contribution < 1.29 is 14.3 Å². The summed E-state index contributed by atoms with van der Waals surface area (Å²) in [6.07, 6.45) is 3.41. The fraction of sp³-hybridized carbons (Fsp3) is 0.619. The van der Waals surface area contributed by atoms with Gasteiger partial charge in [0.05, 0.1) is 6.10 Å². The van der Waals surface area contributed by atoms with Gasteiger partial charge < -0.3 is 15.0 Å². The van der Waals surface area contributed by atoms with E-state index in [1.807, 2.05) is 49.9 Å². The van der Waals surface area contributed by atoms with Gasteiger partial charge >= 0.3 is 0 Å². The maximum atomic E-state index is 12.5. The van der Waals surface area contributed by atoms with Crippen molar-refractivity contribution in [3.8, 4) is 0 Å². The van der Waals surface area contributed by atoms with Crippen LogP contribution in [-0.2, 0) is 9.53 Å². The van der Waals surface area contributed by atoms with Gasteiger partial charge in [0.25, 0.3) is 5.91 Å². The van der Waals surface area contributed by atoms with Gasteiger partial charge in [0.1, 0.15) is 0 Å². The zero-order chi connectivity index (χ0) is 18.9. The molecule has 5 heteroatoms. The van der Waals surface area contributed by atoms with Crippen LogP contribution in [0.15, 0.2) is 24.3 Å². The minimum atomic E-state index is 0.0954. The van der Waals surface area contributed by atoms with E-state index in [0.29, 0.717) is 25.5 Å². The number of likely N-dealkylation sites (tertiary alicyclic amines) is 1. The number of carbonyl (C=O) groups excluding carboxylic acids is 2. The first-order valence-electron chi connectivity index (χ1n) is 9.70. The van der Waals surface area contributed by atoms with E-state index in [2.05, 4.69) is 5.32 Å². The molecule has 26 heavy (non-hydrogen) atoms. The zero-order valence-corrected chi connectivity index (χ0v) is 16.3. The van der Waals surface area contributed by atoms with Gasteiger partial charge in [-0.2, -0.15) is 0 Å². The second kappa shape index (κ2) is 10.3. The quantitative estimate of drug-likeness (QED) is 0.725. The monoisotopic (exact) mass is 360 g/mol. The molecule has 0 aromatic heterocycles. The van der Waals surface area contributed by atoms with Gasteiger partial charge in [0, 0.05) is 38.2 Å². The second-order valence-electron chi connectivity index (χ2n) is 7.43. The first-order chi connectivity index (χ1) is 12.5. The Kier molecular flexibility index (Phi) is 8.10. The van der Waals surface area contributed by atoms with Crippen molar-refractivity contribution in [2.24, 2.45) is 5.92 Å². The third-order valence-corrected chi connectivity index (χ3v) is 4.77. The predicted molar refractivity (Wildman–Crippen MR) is 103 cm³/mol. The van der Waals surface area contributed by atoms with Crippen molar-refractivity contribution in [1.29, 1.82) is 0 Å². The molecule has 0 atom stereocenters. The van der Waals surface area contributed by atoms with Gasteiger partial charge in [0.15, 0.2) is 0 Å². The van der Waals surface area contributed by atoms with Gasteiger partial charge in [-0.15, -0.1) is 0 Å². The van der Waals surface area contributed by atoms with Crippen LogP contribution >= 0.6 is 0 Å². The highest BCUT2D eigenvalue weighted by atomic mass is 16.5. The molecule has 144 valence electrons. The Balaban J connectivity index is 1.65. The Morgan fingerprint density at radius 3 is 2.46 bits per heavy atom. The SMILES string of the molecule is Cc1ccc(C(=O)N2CCC(CC(=O)NCCCOC(C)C)CC2)cc1. The van der Waals surface area contributed by atoms with Crippen molar-refractivity contribution in [2.75, 3.05) is 26.2 Å². The van der Waals surface area contributed by atoms with Crippen molar-refractivity contribution in [3.63, 3.8) is 0 Å². The van der Waals surface area contributed by atoms with Crippen molar-refractivity contribution in [1.82, 2.24) is 10.2 Å². The van der Waals surface area contributed by atoms with Gasteiger partial charge in [-0.1, -0.05) is 17.7 Å². The Bertz CT molecular complexity index is 575. The molecule has 0 radical (unpaired) electrons. The van der Waals surface area contributed by atoms with E-state index >= 15 is 0 Å². The number of rotatable bonds is 8. The molecule has 2 amide bonds. The molecule has 0 aliphatic carbocycles.